The number of carbonyl (C=O) groups is 3. The van der Waals surface area contributed by atoms with Crippen molar-refractivity contribution in [3.8, 4) is 0 Å². The number of hydrogen-bond donors (Lipinski definition) is 1. The quantitative estimate of drug-likeness (QED) is 0.335. The topological polar surface area (TPSA) is 90.9 Å². The molecule has 108 valence electrons. The van der Waals surface area contributed by atoms with Crippen LogP contribution < -0.4 is 5.32 Å². The molecule has 1 N–H and O–H groups in total. The number of hydrogen-bond acceptors (Lipinski definition) is 6. The molecule has 0 aromatic carbocycles. The van der Waals surface area contributed by atoms with E-state index in [1.807, 2.05) is 0 Å². The lowest BCUT2D eigenvalue weighted by Crippen LogP contribution is -2.38. The molecule has 0 aromatic heterocycles. The second-order valence-electron chi connectivity index (χ2n) is 5.45. The minimum Gasteiger partial charge on any atom is -0.444 e. The Morgan fingerprint density at radius 2 is 1.95 bits per heavy atom. The Kier molecular flexibility index (Phi) is 4.74. The van der Waals surface area contributed by atoms with E-state index in [2.05, 4.69) is 10.1 Å². The summed E-state index contributed by atoms with van der Waals surface area (Å²) in [6.07, 6.45) is 0.682. The van der Waals surface area contributed by atoms with Gasteiger partial charge in [-0.25, -0.2) is 4.79 Å². The minimum atomic E-state index is -0.705. The van der Waals surface area contributed by atoms with E-state index < -0.39 is 29.9 Å². The van der Waals surface area contributed by atoms with Crippen molar-refractivity contribution in [3.05, 3.63) is 0 Å². The highest BCUT2D eigenvalue weighted by Crippen LogP contribution is 2.46. The van der Waals surface area contributed by atoms with Crippen LogP contribution in [0.5, 0.6) is 0 Å². The molecule has 19 heavy (non-hydrogen) atoms. The van der Waals surface area contributed by atoms with Crippen LogP contribution in [0.2, 0.25) is 0 Å². The standard InChI is InChI=1S/C12H19NO6/c1-11(2,3)19-10(16)13-6-12(4-5-12)9(15)18-8-17-7-14/h7H,4-6,8H2,1-3H3,(H,13,16). The van der Waals surface area contributed by atoms with Gasteiger partial charge in [0.1, 0.15) is 5.60 Å². The molecule has 1 rings (SSSR count). The maximum absolute atomic E-state index is 11.7. The summed E-state index contributed by atoms with van der Waals surface area (Å²) in [6, 6.07) is 0. The summed E-state index contributed by atoms with van der Waals surface area (Å²) >= 11 is 0. The van der Waals surface area contributed by atoms with Crippen molar-refractivity contribution >= 4 is 18.5 Å². The molecule has 1 fully saturated rings. The van der Waals surface area contributed by atoms with Gasteiger partial charge in [0.05, 0.1) is 5.41 Å². The molecular weight excluding hydrogens is 254 g/mol. The molecule has 0 spiro atoms. The molecule has 0 aromatic rings. The smallest absolute Gasteiger partial charge is 0.407 e. The summed E-state index contributed by atoms with van der Waals surface area (Å²) in [7, 11) is 0. The number of carbonyl (C=O) groups excluding carboxylic acids is 3. The van der Waals surface area contributed by atoms with Gasteiger partial charge in [0.25, 0.3) is 6.47 Å². The first-order chi connectivity index (χ1) is 8.79. The molecule has 0 atom stereocenters. The summed E-state index contributed by atoms with van der Waals surface area (Å²) < 4.78 is 14.1. The predicted octanol–water partition coefficient (Wildman–Crippen LogP) is 0.965. The van der Waals surface area contributed by atoms with Crippen molar-refractivity contribution < 1.29 is 28.6 Å². The molecule has 0 aliphatic heterocycles. The average Bonchev–Trinajstić information content (AvgIpc) is 3.05. The summed E-state index contributed by atoms with van der Waals surface area (Å²) in [5.74, 6) is -0.481. The third kappa shape index (κ3) is 5.15. The monoisotopic (exact) mass is 273 g/mol. The number of alkyl carbamates (subject to hydrolysis) is 1. The molecule has 7 heteroatoms. The van der Waals surface area contributed by atoms with Crippen molar-refractivity contribution in [2.24, 2.45) is 5.41 Å². The van der Waals surface area contributed by atoms with E-state index in [1.54, 1.807) is 20.8 Å². The SMILES string of the molecule is CC(C)(C)OC(=O)NCC1(C(=O)OCOC=O)CC1. The molecule has 1 saturated carbocycles. The second-order valence-corrected chi connectivity index (χ2v) is 5.45. The normalized spacial score (nSPS) is 16.2. The Bertz CT molecular complexity index is 356. The average molecular weight is 273 g/mol. The van der Waals surface area contributed by atoms with Crippen molar-refractivity contribution in [2.45, 2.75) is 39.2 Å². The molecule has 7 nitrogen and oxygen atoms in total. The summed E-state index contributed by atoms with van der Waals surface area (Å²) in [4.78, 5) is 33.1. The third-order valence-corrected chi connectivity index (χ3v) is 2.58. The van der Waals surface area contributed by atoms with Crippen LogP contribution in [0.1, 0.15) is 33.6 Å². The van der Waals surface area contributed by atoms with E-state index in [9.17, 15) is 14.4 Å². The van der Waals surface area contributed by atoms with Crippen LogP contribution in [0.4, 0.5) is 4.79 Å². The van der Waals surface area contributed by atoms with E-state index in [4.69, 9.17) is 9.47 Å². The van der Waals surface area contributed by atoms with Crippen LogP contribution >= 0.6 is 0 Å². The van der Waals surface area contributed by atoms with Crippen LogP contribution in [-0.2, 0) is 23.8 Å². The number of esters is 1. The van der Waals surface area contributed by atoms with E-state index in [-0.39, 0.29) is 13.0 Å². The Balaban J connectivity index is 2.33. The number of amides is 1. The van der Waals surface area contributed by atoms with Crippen molar-refractivity contribution in [2.75, 3.05) is 13.3 Å². The van der Waals surface area contributed by atoms with Gasteiger partial charge < -0.3 is 19.5 Å². The Morgan fingerprint density at radius 3 is 2.42 bits per heavy atom. The van der Waals surface area contributed by atoms with Crippen LogP contribution in [-0.4, -0.2) is 37.5 Å². The Morgan fingerprint density at radius 1 is 1.32 bits per heavy atom. The lowest BCUT2D eigenvalue weighted by atomic mass is 10.1. The zero-order valence-corrected chi connectivity index (χ0v) is 11.4. The number of nitrogens with one attached hydrogen (secondary N) is 1. The maximum Gasteiger partial charge on any atom is 0.407 e. The summed E-state index contributed by atoms with van der Waals surface area (Å²) in [5.41, 5.74) is -1.29. The summed E-state index contributed by atoms with van der Waals surface area (Å²) in [6.45, 7) is 5.21. The Hall–Kier alpha value is -1.79. The van der Waals surface area contributed by atoms with Gasteiger partial charge in [-0.15, -0.1) is 0 Å². The third-order valence-electron chi connectivity index (χ3n) is 2.58. The fourth-order valence-corrected chi connectivity index (χ4v) is 1.43. The second kappa shape index (κ2) is 5.90. The first-order valence-corrected chi connectivity index (χ1v) is 5.98. The number of rotatable bonds is 6. The molecule has 1 amide bonds. The molecule has 1 aliphatic carbocycles. The van der Waals surface area contributed by atoms with Gasteiger partial charge in [-0.1, -0.05) is 0 Å². The van der Waals surface area contributed by atoms with E-state index in [1.165, 1.54) is 0 Å². The van der Waals surface area contributed by atoms with Gasteiger partial charge in [-0.05, 0) is 33.6 Å². The van der Waals surface area contributed by atoms with Gasteiger partial charge in [0.2, 0.25) is 6.79 Å². The van der Waals surface area contributed by atoms with Gasteiger partial charge in [0.15, 0.2) is 0 Å². The zero-order valence-electron chi connectivity index (χ0n) is 11.4. The van der Waals surface area contributed by atoms with Crippen molar-refractivity contribution in [1.82, 2.24) is 5.32 Å². The Labute approximate surface area is 111 Å². The molecule has 0 bridgehead atoms. The largest absolute Gasteiger partial charge is 0.444 e. The molecule has 0 unspecified atom stereocenters. The fourth-order valence-electron chi connectivity index (χ4n) is 1.43. The predicted molar refractivity (Wildman–Crippen MR) is 64.0 cm³/mol. The molecule has 0 saturated heterocycles. The molecule has 0 heterocycles. The fraction of sp³-hybridized carbons (Fsp3) is 0.750. The molecule has 1 aliphatic rings. The van der Waals surface area contributed by atoms with Gasteiger partial charge in [-0.3, -0.25) is 9.59 Å². The summed E-state index contributed by atoms with van der Waals surface area (Å²) in [5, 5.41) is 2.54. The molecule has 0 radical (unpaired) electrons. The minimum absolute atomic E-state index is 0.155. The van der Waals surface area contributed by atoms with Crippen LogP contribution in [0.25, 0.3) is 0 Å². The first-order valence-electron chi connectivity index (χ1n) is 5.98. The number of ether oxygens (including phenoxy) is 3. The van der Waals surface area contributed by atoms with Crippen molar-refractivity contribution in [3.63, 3.8) is 0 Å². The lowest BCUT2D eigenvalue weighted by Gasteiger charge is -2.21. The maximum atomic E-state index is 11.7. The van der Waals surface area contributed by atoms with Gasteiger partial charge in [-0.2, -0.15) is 0 Å². The van der Waals surface area contributed by atoms with Crippen LogP contribution in [0.3, 0.4) is 0 Å². The van der Waals surface area contributed by atoms with Crippen LogP contribution in [0, 0.1) is 5.41 Å². The molecular formula is C12H19NO6. The van der Waals surface area contributed by atoms with Gasteiger partial charge >= 0.3 is 12.1 Å². The highest BCUT2D eigenvalue weighted by Gasteiger charge is 2.51. The highest BCUT2D eigenvalue weighted by atomic mass is 16.7. The van der Waals surface area contributed by atoms with E-state index in [0.29, 0.717) is 12.8 Å². The lowest BCUT2D eigenvalue weighted by molar-refractivity contribution is -0.165. The van der Waals surface area contributed by atoms with Crippen LogP contribution in [0.15, 0.2) is 0 Å². The van der Waals surface area contributed by atoms with E-state index in [0.717, 1.165) is 0 Å². The van der Waals surface area contributed by atoms with Gasteiger partial charge in [0, 0.05) is 6.54 Å². The van der Waals surface area contributed by atoms with E-state index >= 15 is 0 Å². The first kappa shape index (κ1) is 15.3. The van der Waals surface area contributed by atoms with Crippen molar-refractivity contribution in [1.29, 1.82) is 0 Å². The highest BCUT2D eigenvalue weighted by molar-refractivity contribution is 5.81. The zero-order chi connectivity index (χ0) is 14.5.